The fourth-order valence-corrected chi connectivity index (χ4v) is 1.85. The third-order valence-electron chi connectivity index (χ3n) is 2.91. The highest BCUT2D eigenvalue weighted by molar-refractivity contribution is 6.03. The average molecular weight is 293 g/mol. The number of hydrogen-bond donors (Lipinski definition) is 1. The standard InChI is InChI=1S/C12H8F5NO2/c13-7-4-8-5(1-2-9(19)18-8)3-6(7)10(20)12(16,17)11(14)15/h3-4,11H,1-2H2,(H,18,19). The van der Waals surface area contributed by atoms with Crippen molar-refractivity contribution in [3.63, 3.8) is 0 Å². The number of alkyl halides is 4. The number of amides is 1. The molecule has 0 saturated carbocycles. The van der Waals surface area contributed by atoms with Crippen LogP contribution in [0.25, 0.3) is 0 Å². The van der Waals surface area contributed by atoms with Gasteiger partial charge in [0.25, 0.3) is 0 Å². The predicted octanol–water partition coefficient (Wildman–Crippen LogP) is 2.79. The monoisotopic (exact) mass is 293 g/mol. The molecule has 1 amide bonds. The van der Waals surface area contributed by atoms with E-state index >= 15 is 0 Å². The van der Waals surface area contributed by atoms with E-state index in [1.807, 2.05) is 0 Å². The van der Waals surface area contributed by atoms with Crippen molar-refractivity contribution in [2.24, 2.45) is 0 Å². The lowest BCUT2D eigenvalue weighted by Crippen LogP contribution is -2.37. The number of nitrogens with one attached hydrogen (secondary N) is 1. The number of rotatable bonds is 3. The fourth-order valence-electron chi connectivity index (χ4n) is 1.85. The van der Waals surface area contributed by atoms with Crippen molar-refractivity contribution in [2.75, 3.05) is 5.32 Å². The van der Waals surface area contributed by atoms with Crippen LogP contribution in [0.4, 0.5) is 27.6 Å². The Morgan fingerprint density at radius 1 is 1.25 bits per heavy atom. The molecule has 0 atom stereocenters. The third-order valence-corrected chi connectivity index (χ3v) is 2.91. The maximum absolute atomic E-state index is 13.6. The lowest BCUT2D eigenvalue weighted by atomic mass is 9.96. The fraction of sp³-hybridized carbons (Fsp3) is 0.333. The van der Waals surface area contributed by atoms with E-state index in [0.29, 0.717) is 6.07 Å². The van der Waals surface area contributed by atoms with Gasteiger partial charge in [-0.1, -0.05) is 0 Å². The highest BCUT2D eigenvalue weighted by Crippen LogP contribution is 2.32. The number of carbonyl (C=O) groups is 2. The molecule has 1 heterocycles. The van der Waals surface area contributed by atoms with Crippen LogP contribution < -0.4 is 5.32 Å². The Bertz CT molecular complexity index is 585. The second kappa shape index (κ2) is 4.84. The van der Waals surface area contributed by atoms with Crippen LogP contribution in [0.15, 0.2) is 12.1 Å². The SMILES string of the molecule is O=C1CCc2cc(C(=O)C(F)(F)C(F)F)c(F)cc2N1. The lowest BCUT2D eigenvalue weighted by molar-refractivity contribution is -0.116. The number of benzene rings is 1. The first-order valence-electron chi connectivity index (χ1n) is 5.56. The number of fused-ring (bicyclic) bond motifs is 1. The molecule has 1 aromatic rings. The van der Waals surface area contributed by atoms with E-state index in [-0.39, 0.29) is 30.0 Å². The number of anilines is 1. The van der Waals surface area contributed by atoms with Gasteiger partial charge in [0.15, 0.2) is 0 Å². The number of carbonyl (C=O) groups excluding carboxylic acids is 2. The first-order chi connectivity index (χ1) is 9.23. The van der Waals surface area contributed by atoms with Crippen molar-refractivity contribution >= 4 is 17.4 Å². The van der Waals surface area contributed by atoms with Gasteiger partial charge in [0.2, 0.25) is 11.7 Å². The van der Waals surface area contributed by atoms with E-state index in [0.717, 1.165) is 6.07 Å². The lowest BCUT2D eigenvalue weighted by Gasteiger charge is -2.19. The Balaban J connectivity index is 2.44. The second-order valence-corrected chi connectivity index (χ2v) is 4.29. The van der Waals surface area contributed by atoms with Crippen molar-refractivity contribution in [3.8, 4) is 0 Å². The summed E-state index contributed by atoms with van der Waals surface area (Å²) in [5.74, 6) is -8.98. The van der Waals surface area contributed by atoms with Gasteiger partial charge in [-0.15, -0.1) is 0 Å². The molecule has 1 aromatic carbocycles. The molecule has 0 aromatic heterocycles. The molecule has 2 rings (SSSR count). The zero-order valence-corrected chi connectivity index (χ0v) is 9.85. The quantitative estimate of drug-likeness (QED) is 0.688. The normalized spacial score (nSPS) is 15.0. The van der Waals surface area contributed by atoms with E-state index < -0.39 is 29.5 Å². The zero-order chi connectivity index (χ0) is 15.1. The van der Waals surface area contributed by atoms with Crippen LogP contribution in [0, 0.1) is 5.82 Å². The van der Waals surface area contributed by atoms with Gasteiger partial charge < -0.3 is 5.32 Å². The molecule has 0 radical (unpaired) electrons. The third kappa shape index (κ3) is 2.37. The van der Waals surface area contributed by atoms with Gasteiger partial charge in [0.05, 0.1) is 5.56 Å². The van der Waals surface area contributed by atoms with Crippen LogP contribution in [0.2, 0.25) is 0 Å². The van der Waals surface area contributed by atoms with E-state index in [9.17, 15) is 31.5 Å². The molecule has 8 heteroatoms. The van der Waals surface area contributed by atoms with Gasteiger partial charge in [-0.2, -0.15) is 8.78 Å². The summed E-state index contributed by atoms with van der Waals surface area (Å²) in [6.07, 6.45) is -4.07. The molecule has 0 fully saturated rings. The van der Waals surface area contributed by atoms with E-state index in [1.54, 1.807) is 0 Å². The molecular weight excluding hydrogens is 285 g/mol. The predicted molar refractivity (Wildman–Crippen MR) is 58.6 cm³/mol. The van der Waals surface area contributed by atoms with Crippen molar-refractivity contribution in [1.82, 2.24) is 0 Å². The number of halogens is 5. The molecular formula is C12H8F5NO2. The van der Waals surface area contributed by atoms with E-state index in [2.05, 4.69) is 5.32 Å². The summed E-state index contributed by atoms with van der Waals surface area (Å²) in [4.78, 5) is 22.4. The molecule has 0 saturated heterocycles. The van der Waals surface area contributed by atoms with Gasteiger partial charge in [-0.05, 0) is 24.1 Å². The highest BCUT2D eigenvalue weighted by Gasteiger charge is 2.50. The minimum absolute atomic E-state index is 0.0392. The summed E-state index contributed by atoms with van der Waals surface area (Å²) in [6, 6.07) is 1.46. The molecule has 20 heavy (non-hydrogen) atoms. The number of hydrogen-bond acceptors (Lipinski definition) is 2. The maximum atomic E-state index is 13.6. The van der Waals surface area contributed by atoms with Crippen LogP contribution in [0.5, 0.6) is 0 Å². The number of aryl methyl sites for hydroxylation is 1. The van der Waals surface area contributed by atoms with Gasteiger partial charge in [-0.25, -0.2) is 13.2 Å². The largest absolute Gasteiger partial charge is 0.368 e. The summed E-state index contributed by atoms with van der Waals surface area (Å²) in [7, 11) is 0. The summed E-state index contributed by atoms with van der Waals surface area (Å²) < 4.78 is 63.8. The Hall–Kier alpha value is -1.99. The minimum atomic E-state index is -4.95. The topological polar surface area (TPSA) is 46.2 Å². The molecule has 0 aliphatic carbocycles. The van der Waals surface area contributed by atoms with Crippen molar-refractivity contribution < 1.29 is 31.5 Å². The average Bonchev–Trinajstić information content (AvgIpc) is 2.36. The molecule has 0 spiro atoms. The maximum Gasteiger partial charge on any atom is 0.368 e. The Morgan fingerprint density at radius 2 is 1.90 bits per heavy atom. The molecule has 1 aliphatic heterocycles. The second-order valence-electron chi connectivity index (χ2n) is 4.29. The first kappa shape index (κ1) is 14.4. The number of Topliss-reactive ketones (excluding diaryl/α,β-unsaturated/α-hetero) is 1. The van der Waals surface area contributed by atoms with Gasteiger partial charge in [0.1, 0.15) is 5.82 Å². The van der Waals surface area contributed by atoms with Crippen LogP contribution >= 0.6 is 0 Å². The van der Waals surface area contributed by atoms with Gasteiger partial charge in [0, 0.05) is 12.1 Å². The molecule has 108 valence electrons. The number of ketones is 1. The molecule has 0 bridgehead atoms. The van der Waals surface area contributed by atoms with Crippen molar-refractivity contribution in [3.05, 3.63) is 29.1 Å². The minimum Gasteiger partial charge on any atom is -0.326 e. The molecule has 1 aliphatic rings. The van der Waals surface area contributed by atoms with Crippen LogP contribution in [-0.2, 0) is 11.2 Å². The van der Waals surface area contributed by atoms with Crippen LogP contribution in [-0.4, -0.2) is 24.0 Å². The summed E-state index contributed by atoms with van der Waals surface area (Å²) in [5.41, 5.74) is -0.805. The summed E-state index contributed by atoms with van der Waals surface area (Å²) >= 11 is 0. The summed E-state index contributed by atoms with van der Waals surface area (Å²) in [6.45, 7) is 0. The van der Waals surface area contributed by atoms with Crippen molar-refractivity contribution in [1.29, 1.82) is 0 Å². The Morgan fingerprint density at radius 3 is 2.50 bits per heavy atom. The summed E-state index contributed by atoms with van der Waals surface area (Å²) in [5, 5.41) is 2.30. The Labute approximate surface area is 109 Å². The first-order valence-corrected chi connectivity index (χ1v) is 5.56. The van der Waals surface area contributed by atoms with Gasteiger partial charge in [-0.3, -0.25) is 9.59 Å². The van der Waals surface area contributed by atoms with Crippen LogP contribution in [0.1, 0.15) is 22.3 Å². The van der Waals surface area contributed by atoms with Gasteiger partial charge >= 0.3 is 12.3 Å². The highest BCUT2D eigenvalue weighted by atomic mass is 19.3. The smallest absolute Gasteiger partial charge is 0.326 e. The Kier molecular flexibility index (Phi) is 3.49. The van der Waals surface area contributed by atoms with Crippen molar-refractivity contribution in [2.45, 2.75) is 25.2 Å². The van der Waals surface area contributed by atoms with E-state index in [1.165, 1.54) is 0 Å². The molecule has 1 N–H and O–H groups in total. The van der Waals surface area contributed by atoms with Crippen LogP contribution in [0.3, 0.4) is 0 Å². The zero-order valence-electron chi connectivity index (χ0n) is 9.85. The molecule has 3 nitrogen and oxygen atoms in total. The molecule has 0 unspecified atom stereocenters. The van der Waals surface area contributed by atoms with E-state index in [4.69, 9.17) is 0 Å².